The molecule has 0 aliphatic carbocycles. The lowest BCUT2D eigenvalue weighted by atomic mass is 10.0. The van der Waals surface area contributed by atoms with E-state index in [1.807, 2.05) is 42.5 Å². The molecule has 2 atom stereocenters. The van der Waals surface area contributed by atoms with Gasteiger partial charge < -0.3 is 5.11 Å². The van der Waals surface area contributed by atoms with E-state index in [2.05, 4.69) is 0 Å². The molecule has 0 saturated heterocycles. The zero-order valence-electron chi connectivity index (χ0n) is 11.6. The molecule has 0 amide bonds. The molecule has 1 N–H and O–H groups in total. The van der Waals surface area contributed by atoms with Gasteiger partial charge in [0.15, 0.2) is 9.84 Å². The van der Waals surface area contributed by atoms with Crippen molar-refractivity contribution in [2.24, 2.45) is 0 Å². The van der Waals surface area contributed by atoms with E-state index in [1.165, 1.54) is 0 Å². The summed E-state index contributed by atoms with van der Waals surface area (Å²) in [5, 5.41) is 10.2. The zero-order valence-corrected chi connectivity index (χ0v) is 14.6. The zero-order chi connectivity index (χ0) is 15.5. The second-order valence-corrected chi connectivity index (χ2v) is 9.33. The molecule has 0 heterocycles. The highest BCUT2D eigenvalue weighted by atomic mass is 127. The van der Waals surface area contributed by atoms with Gasteiger partial charge >= 0.3 is 0 Å². The predicted molar refractivity (Wildman–Crippen MR) is 94.1 cm³/mol. The van der Waals surface area contributed by atoms with Gasteiger partial charge in [0, 0.05) is 5.75 Å². The molecule has 0 unspecified atom stereocenters. The van der Waals surface area contributed by atoms with Crippen molar-refractivity contribution < 1.29 is 13.5 Å². The first-order chi connectivity index (χ1) is 9.95. The Bertz CT molecular complexity index is 681. The fourth-order valence-electron chi connectivity index (χ4n) is 2.01. The number of hydrogen-bond donors (Lipinski definition) is 1. The largest absolute Gasteiger partial charge is 0.386 e. The Morgan fingerprint density at radius 3 is 2.05 bits per heavy atom. The summed E-state index contributed by atoms with van der Waals surface area (Å²) in [6.07, 6.45) is -1.01. The van der Waals surface area contributed by atoms with Crippen molar-refractivity contribution in [1.82, 2.24) is 0 Å². The van der Waals surface area contributed by atoms with Gasteiger partial charge in [-0.05, 0) is 16.7 Å². The maximum atomic E-state index is 11.8. The second kappa shape index (κ2) is 6.89. The molecular weight excluding hydrogens is 399 g/mol. The summed E-state index contributed by atoms with van der Waals surface area (Å²) < 4.78 is 22.8. The number of sulfone groups is 1. The Kier molecular flexibility index (Phi) is 5.40. The molecule has 21 heavy (non-hydrogen) atoms. The number of hydrogen-bond acceptors (Lipinski definition) is 3. The lowest BCUT2D eigenvalue weighted by Gasteiger charge is -2.17. The molecule has 112 valence electrons. The van der Waals surface area contributed by atoms with Crippen LogP contribution >= 0.6 is 22.6 Å². The summed E-state index contributed by atoms with van der Waals surface area (Å²) in [6.45, 7) is 1.59. The van der Waals surface area contributed by atoms with Crippen LogP contribution in [-0.2, 0) is 9.84 Å². The van der Waals surface area contributed by atoms with Crippen LogP contribution in [0, 0.1) is 0 Å². The van der Waals surface area contributed by atoms with Gasteiger partial charge in [0.25, 0.3) is 0 Å². The molecule has 0 saturated carbocycles. The van der Waals surface area contributed by atoms with E-state index in [0.717, 1.165) is 11.1 Å². The van der Waals surface area contributed by atoms with Crippen molar-refractivity contribution in [3.05, 3.63) is 60.2 Å². The third kappa shape index (κ3) is 3.84. The maximum absolute atomic E-state index is 11.8. The van der Waals surface area contributed by atoms with Crippen LogP contribution in [0.25, 0.3) is 11.1 Å². The van der Waals surface area contributed by atoms with Gasteiger partial charge in [0.1, 0.15) is 9.36 Å². The third-order valence-electron chi connectivity index (χ3n) is 3.35. The lowest BCUT2D eigenvalue weighted by molar-refractivity contribution is 0.197. The first-order valence-corrected chi connectivity index (χ1v) is 9.61. The van der Waals surface area contributed by atoms with Crippen molar-refractivity contribution in [2.45, 2.75) is 16.3 Å². The minimum atomic E-state index is -3.27. The van der Waals surface area contributed by atoms with Crippen LogP contribution < -0.4 is 0 Å². The molecule has 5 heteroatoms. The first-order valence-electron chi connectivity index (χ1n) is 6.65. The summed E-state index contributed by atoms with van der Waals surface area (Å²) in [6, 6.07) is 17.3. The molecule has 2 rings (SSSR count). The minimum Gasteiger partial charge on any atom is -0.386 e. The Morgan fingerprint density at radius 1 is 1.00 bits per heavy atom. The highest BCUT2D eigenvalue weighted by Crippen LogP contribution is 2.29. The molecule has 2 aromatic rings. The van der Waals surface area contributed by atoms with Crippen LogP contribution in [0.4, 0.5) is 0 Å². The molecule has 0 fully saturated rings. The molecule has 0 spiro atoms. The van der Waals surface area contributed by atoms with E-state index in [-0.39, 0.29) is 5.75 Å². The molecular formula is C16H17IO3S. The quantitative estimate of drug-likeness (QED) is 0.599. The number of halogens is 1. The molecule has 0 aromatic heterocycles. The number of rotatable bonds is 5. The van der Waals surface area contributed by atoms with Crippen LogP contribution in [0.15, 0.2) is 54.6 Å². The van der Waals surface area contributed by atoms with Gasteiger partial charge in [-0.25, -0.2) is 8.42 Å². The van der Waals surface area contributed by atoms with Gasteiger partial charge in [-0.3, -0.25) is 0 Å². The topological polar surface area (TPSA) is 54.4 Å². The normalized spacial score (nSPS) is 14.6. The van der Waals surface area contributed by atoms with Crippen molar-refractivity contribution in [3.8, 4) is 11.1 Å². The second-order valence-electron chi connectivity index (χ2n) is 4.74. The van der Waals surface area contributed by atoms with Crippen LogP contribution in [0.1, 0.15) is 18.6 Å². The molecule has 0 radical (unpaired) electrons. The summed E-state index contributed by atoms with van der Waals surface area (Å²) in [5.74, 6) is 0.0275. The minimum absolute atomic E-state index is 0.0275. The van der Waals surface area contributed by atoms with E-state index in [0.29, 0.717) is 5.56 Å². The predicted octanol–water partition coefficient (Wildman–Crippen LogP) is 3.58. The van der Waals surface area contributed by atoms with Gasteiger partial charge in [0.2, 0.25) is 0 Å². The first kappa shape index (κ1) is 16.5. The average molecular weight is 416 g/mol. The van der Waals surface area contributed by atoms with Crippen molar-refractivity contribution in [1.29, 1.82) is 0 Å². The van der Waals surface area contributed by atoms with E-state index in [1.54, 1.807) is 41.6 Å². The van der Waals surface area contributed by atoms with E-state index >= 15 is 0 Å². The Morgan fingerprint density at radius 2 is 1.52 bits per heavy atom. The van der Waals surface area contributed by atoms with Crippen LogP contribution in [-0.4, -0.2) is 22.5 Å². The average Bonchev–Trinajstić information content (AvgIpc) is 2.54. The third-order valence-corrected chi connectivity index (χ3v) is 8.11. The number of benzene rings is 2. The van der Waals surface area contributed by atoms with Crippen molar-refractivity contribution in [2.75, 3.05) is 5.75 Å². The number of aliphatic hydroxyl groups excluding tert-OH is 1. The Balaban J connectivity index is 2.23. The summed E-state index contributed by atoms with van der Waals surface area (Å²) in [4.78, 5) is 0. The fraction of sp³-hybridized carbons (Fsp3) is 0.250. The lowest BCUT2D eigenvalue weighted by Crippen LogP contribution is -2.24. The maximum Gasteiger partial charge on any atom is 0.164 e. The van der Waals surface area contributed by atoms with Gasteiger partial charge in [-0.1, -0.05) is 84.1 Å². The summed E-state index contributed by atoms with van der Waals surface area (Å²) in [5.41, 5.74) is 2.74. The van der Waals surface area contributed by atoms with E-state index in [9.17, 15) is 13.5 Å². The van der Waals surface area contributed by atoms with E-state index in [4.69, 9.17) is 0 Å². The molecule has 3 nitrogen and oxygen atoms in total. The summed E-state index contributed by atoms with van der Waals surface area (Å²) >= 11 is 1.80. The van der Waals surface area contributed by atoms with Crippen LogP contribution in [0.5, 0.6) is 0 Å². The molecule has 0 bridgehead atoms. The number of aliphatic hydroxyl groups is 1. The smallest absolute Gasteiger partial charge is 0.164 e. The number of alkyl halides is 1. The Labute approximate surface area is 139 Å². The van der Waals surface area contributed by atoms with Crippen molar-refractivity contribution >= 4 is 32.4 Å². The standard InChI is InChI=1S/C16H17IO3S/c1-2-21(19,20)16(17)15(18)14-10-8-13(9-11-14)12-6-4-3-5-7-12/h3-11,15-16,18H,2H2,1H3/t15-,16+/m0/s1. The SMILES string of the molecule is CCS(=O)(=O)[C@@H](I)[C@@H](O)c1ccc(-c2ccccc2)cc1. The molecule has 0 aliphatic heterocycles. The van der Waals surface area contributed by atoms with Crippen LogP contribution in [0.2, 0.25) is 0 Å². The van der Waals surface area contributed by atoms with Gasteiger partial charge in [-0.15, -0.1) is 0 Å². The van der Waals surface area contributed by atoms with E-state index < -0.39 is 19.2 Å². The van der Waals surface area contributed by atoms with Gasteiger partial charge in [-0.2, -0.15) is 0 Å². The van der Waals surface area contributed by atoms with Crippen molar-refractivity contribution in [3.63, 3.8) is 0 Å². The highest BCUT2D eigenvalue weighted by molar-refractivity contribution is 14.1. The molecule has 2 aromatic carbocycles. The summed E-state index contributed by atoms with van der Waals surface area (Å²) in [7, 11) is -3.27. The Hall–Kier alpha value is -0.920. The van der Waals surface area contributed by atoms with Crippen LogP contribution in [0.3, 0.4) is 0 Å². The highest BCUT2D eigenvalue weighted by Gasteiger charge is 2.29. The monoisotopic (exact) mass is 416 g/mol. The van der Waals surface area contributed by atoms with Gasteiger partial charge in [0.05, 0.1) is 0 Å². The fourth-order valence-corrected chi connectivity index (χ4v) is 4.37. The molecule has 0 aliphatic rings.